The summed E-state index contributed by atoms with van der Waals surface area (Å²) in [6.07, 6.45) is 1.59. The van der Waals surface area contributed by atoms with Gasteiger partial charge in [0.2, 0.25) is 11.8 Å². The highest BCUT2D eigenvalue weighted by Crippen LogP contribution is 2.25. The van der Waals surface area contributed by atoms with Crippen molar-refractivity contribution in [3.63, 3.8) is 0 Å². The van der Waals surface area contributed by atoms with Crippen molar-refractivity contribution in [2.24, 2.45) is 5.73 Å². The van der Waals surface area contributed by atoms with Gasteiger partial charge in [0.25, 0.3) is 0 Å². The molecule has 1 aliphatic rings. The van der Waals surface area contributed by atoms with E-state index >= 15 is 0 Å². The fourth-order valence-corrected chi connectivity index (χ4v) is 3.22. The number of nitrogens with two attached hydrogens (primary N) is 1. The number of halogens is 1. The number of nitrogens with zero attached hydrogens (tertiary/aromatic N) is 4. The molecule has 1 saturated heterocycles. The smallest absolute Gasteiger partial charge is 0.248 e. The number of carbonyl (C=O) groups is 1. The van der Waals surface area contributed by atoms with E-state index in [-0.39, 0.29) is 17.1 Å². The maximum Gasteiger partial charge on any atom is 0.248 e. The lowest BCUT2D eigenvalue weighted by atomic mass is 9.96. The second kappa shape index (κ2) is 8.07. The summed E-state index contributed by atoms with van der Waals surface area (Å²) in [4.78, 5) is 22.0. The first-order chi connectivity index (χ1) is 14.7. The minimum absolute atomic E-state index is 0.0317. The molecule has 9 heteroatoms. The SMILES string of the molecule is CC(C)(C)c1noc(CN2CC(Oc3ccc(-c4ccc(C(N)=O)cc4F)nc3)C2)n1. The number of primary amides is 1. The lowest BCUT2D eigenvalue weighted by Crippen LogP contribution is -2.53. The number of amides is 1. The number of benzene rings is 1. The molecule has 1 aromatic carbocycles. The first kappa shape index (κ1) is 20.9. The summed E-state index contributed by atoms with van der Waals surface area (Å²) in [5, 5.41) is 4.04. The molecule has 2 aromatic heterocycles. The number of rotatable bonds is 6. The van der Waals surface area contributed by atoms with Crippen LogP contribution in [0.4, 0.5) is 4.39 Å². The number of pyridine rings is 1. The van der Waals surface area contributed by atoms with Crippen LogP contribution in [-0.2, 0) is 12.0 Å². The summed E-state index contributed by atoms with van der Waals surface area (Å²) in [5.41, 5.74) is 5.88. The molecule has 0 radical (unpaired) electrons. The van der Waals surface area contributed by atoms with Gasteiger partial charge in [-0.25, -0.2) is 4.39 Å². The van der Waals surface area contributed by atoms with Gasteiger partial charge in [-0.1, -0.05) is 25.9 Å². The van der Waals surface area contributed by atoms with Gasteiger partial charge in [0.05, 0.1) is 18.4 Å². The minimum Gasteiger partial charge on any atom is -0.486 e. The number of likely N-dealkylation sites (tertiary alicyclic amines) is 1. The Kier molecular flexibility index (Phi) is 5.45. The molecule has 2 N–H and O–H groups in total. The Labute approximate surface area is 179 Å². The summed E-state index contributed by atoms with van der Waals surface area (Å²) in [6, 6.07) is 7.51. The Morgan fingerprint density at radius 2 is 2.06 bits per heavy atom. The van der Waals surface area contributed by atoms with E-state index in [0.717, 1.165) is 19.2 Å². The molecule has 0 aliphatic carbocycles. The second-order valence-corrected chi connectivity index (χ2v) is 8.63. The van der Waals surface area contributed by atoms with E-state index in [0.29, 0.717) is 35.3 Å². The standard InChI is InChI=1S/C22H24FN5O3/c1-22(2,3)21-26-19(31-27-21)12-28-10-15(11-28)30-14-5-7-18(25-9-14)16-6-4-13(20(24)29)8-17(16)23/h4-9,15H,10-12H2,1-3H3,(H2,24,29). The molecule has 1 aliphatic heterocycles. The third-order valence-electron chi connectivity index (χ3n) is 4.99. The Bertz CT molecular complexity index is 1090. The Balaban J connectivity index is 1.31. The molecule has 0 saturated carbocycles. The van der Waals surface area contributed by atoms with Crippen LogP contribution in [0, 0.1) is 5.82 Å². The normalized spacial score (nSPS) is 15.0. The van der Waals surface area contributed by atoms with Crippen LogP contribution >= 0.6 is 0 Å². The average molecular weight is 425 g/mol. The second-order valence-electron chi connectivity index (χ2n) is 8.63. The topological polar surface area (TPSA) is 107 Å². The summed E-state index contributed by atoms with van der Waals surface area (Å²) >= 11 is 0. The van der Waals surface area contributed by atoms with E-state index in [1.165, 1.54) is 12.1 Å². The first-order valence-corrected chi connectivity index (χ1v) is 9.97. The minimum atomic E-state index is -0.676. The summed E-state index contributed by atoms with van der Waals surface area (Å²) in [6.45, 7) is 8.17. The van der Waals surface area contributed by atoms with Gasteiger partial charge < -0.3 is 15.0 Å². The van der Waals surface area contributed by atoms with Crippen LogP contribution in [0.15, 0.2) is 41.1 Å². The lowest BCUT2D eigenvalue weighted by Gasteiger charge is -2.37. The molecule has 8 nitrogen and oxygen atoms in total. The molecule has 0 spiro atoms. The number of carbonyl (C=O) groups excluding carboxylic acids is 1. The molecular formula is C22H24FN5O3. The van der Waals surface area contributed by atoms with E-state index in [1.54, 1.807) is 18.3 Å². The molecule has 1 fully saturated rings. The van der Waals surface area contributed by atoms with Crippen molar-refractivity contribution in [1.82, 2.24) is 20.0 Å². The average Bonchev–Trinajstić information content (AvgIpc) is 3.16. The highest BCUT2D eigenvalue weighted by Gasteiger charge is 2.30. The number of aromatic nitrogens is 3. The molecular weight excluding hydrogens is 401 g/mol. The van der Waals surface area contributed by atoms with Gasteiger partial charge in [-0.05, 0) is 30.3 Å². The van der Waals surface area contributed by atoms with E-state index in [2.05, 4.69) is 20.0 Å². The highest BCUT2D eigenvalue weighted by molar-refractivity contribution is 5.93. The number of hydrogen-bond donors (Lipinski definition) is 1. The zero-order valence-electron chi connectivity index (χ0n) is 17.6. The summed E-state index contributed by atoms with van der Waals surface area (Å²) in [7, 11) is 0. The Morgan fingerprint density at radius 3 is 2.65 bits per heavy atom. The van der Waals surface area contributed by atoms with Gasteiger partial charge in [0.15, 0.2) is 5.82 Å². The van der Waals surface area contributed by atoms with Gasteiger partial charge in [0.1, 0.15) is 17.7 Å². The quantitative estimate of drug-likeness (QED) is 0.647. The Morgan fingerprint density at radius 1 is 1.29 bits per heavy atom. The van der Waals surface area contributed by atoms with E-state index in [9.17, 15) is 9.18 Å². The largest absolute Gasteiger partial charge is 0.486 e. The van der Waals surface area contributed by atoms with Crippen LogP contribution in [-0.4, -0.2) is 45.1 Å². The van der Waals surface area contributed by atoms with Crippen LogP contribution in [0.5, 0.6) is 5.75 Å². The Hall–Kier alpha value is -3.33. The molecule has 1 amide bonds. The van der Waals surface area contributed by atoms with Crippen molar-refractivity contribution in [1.29, 1.82) is 0 Å². The van der Waals surface area contributed by atoms with Crippen molar-refractivity contribution in [2.45, 2.75) is 38.8 Å². The van der Waals surface area contributed by atoms with Crippen LogP contribution in [0.25, 0.3) is 11.3 Å². The van der Waals surface area contributed by atoms with Crippen molar-refractivity contribution in [3.8, 4) is 17.0 Å². The maximum absolute atomic E-state index is 14.3. The molecule has 0 unspecified atom stereocenters. The van der Waals surface area contributed by atoms with Gasteiger partial charge >= 0.3 is 0 Å². The molecule has 3 aromatic rings. The fourth-order valence-electron chi connectivity index (χ4n) is 3.22. The van der Waals surface area contributed by atoms with E-state index < -0.39 is 11.7 Å². The van der Waals surface area contributed by atoms with Crippen LogP contribution < -0.4 is 10.5 Å². The first-order valence-electron chi connectivity index (χ1n) is 9.97. The molecule has 3 heterocycles. The summed E-state index contributed by atoms with van der Waals surface area (Å²) in [5.74, 6) is 0.671. The van der Waals surface area contributed by atoms with E-state index in [1.807, 2.05) is 20.8 Å². The monoisotopic (exact) mass is 425 g/mol. The maximum atomic E-state index is 14.3. The molecule has 0 bridgehead atoms. The third-order valence-corrected chi connectivity index (χ3v) is 4.99. The van der Waals surface area contributed by atoms with Gasteiger partial charge in [-0.3, -0.25) is 14.7 Å². The molecule has 31 heavy (non-hydrogen) atoms. The van der Waals surface area contributed by atoms with Crippen molar-refractivity contribution >= 4 is 5.91 Å². The third kappa shape index (κ3) is 4.72. The number of ether oxygens (including phenoxy) is 1. The fraction of sp³-hybridized carbons (Fsp3) is 0.364. The predicted molar refractivity (Wildman–Crippen MR) is 111 cm³/mol. The van der Waals surface area contributed by atoms with E-state index in [4.69, 9.17) is 15.0 Å². The lowest BCUT2D eigenvalue weighted by molar-refractivity contribution is 0.00844. The molecule has 0 atom stereocenters. The van der Waals surface area contributed by atoms with Crippen LogP contribution in [0.1, 0.15) is 42.8 Å². The number of hydrogen-bond acceptors (Lipinski definition) is 7. The molecule has 4 rings (SSSR count). The van der Waals surface area contributed by atoms with Crippen LogP contribution in [0.3, 0.4) is 0 Å². The highest BCUT2D eigenvalue weighted by atomic mass is 19.1. The van der Waals surface area contributed by atoms with Gasteiger partial charge in [0, 0.05) is 29.6 Å². The van der Waals surface area contributed by atoms with Crippen LogP contribution in [0.2, 0.25) is 0 Å². The summed E-state index contributed by atoms with van der Waals surface area (Å²) < 4.78 is 25.5. The van der Waals surface area contributed by atoms with Crippen molar-refractivity contribution < 1.29 is 18.4 Å². The molecule has 162 valence electrons. The van der Waals surface area contributed by atoms with Crippen molar-refractivity contribution in [3.05, 3.63) is 59.6 Å². The van der Waals surface area contributed by atoms with Gasteiger partial charge in [-0.2, -0.15) is 4.98 Å². The van der Waals surface area contributed by atoms with Gasteiger partial charge in [-0.15, -0.1) is 0 Å². The predicted octanol–water partition coefficient (Wildman–Crippen LogP) is 2.93. The van der Waals surface area contributed by atoms with Crippen molar-refractivity contribution in [2.75, 3.05) is 13.1 Å². The zero-order valence-corrected chi connectivity index (χ0v) is 17.6. The zero-order chi connectivity index (χ0) is 22.2.